The van der Waals surface area contributed by atoms with E-state index >= 15 is 0 Å². The van der Waals surface area contributed by atoms with E-state index in [9.17, 15) is 29.3 Å². The molecule has 11 nitrogen and oxygen atoms in total. The Hall–Kier alpha value is -10.5. The minimum Gasteiger partial charge on any atom is -0.488 e. The summed E-state index contributed by atoms with van der Waals surface area (Å²) in [5.74, 6) is 3.66. The molecule has 0 fully saturated rings. The summed E-state index contributed by atoms with van der Waals surface area (Å²) in [6.45, 7) is 83.2. The zero-order valence-corrected chi connectivity index (χ0v) is 93.0. The molecule has 1 atom stereocenters. The van der Waals surface area contributed by atoms with Gasteiger partial charge in [0.15, 0.2) is 23.1 Å². The summed E-state index contributed by atoms with van der Waals surface area (Å²) < 4.78 is 17.3. The number of para-hydroxylation sites is 1. The fourth-order valence-corrected chi connectivity index (χ4v) is 13.6. The van der Waals surface area contributed by atoms with Gasteiger partial charge in [-0.1, -0.05) is 421 Å². The highest BCUT2D eigenvalue weighted by atomic mass is 17.0. The molecule has 0 spiro atoms. The van der Waals surface area contributed by atoms with Crippen LogP contribution >= 0.6 is 0 Å². The highest BCUT2D eigenvalue weighted by Gasteiger charge is 2.28. The van der Waals surface area contributed by atoms with E-state index in [0.717, 1.165) is 103 Å². The van der Waals surface area contributed by atoms with Crippen LogP contribution in [0.4, 0.5) is 0 Å². The molecule has 0 bridgehead atoms. The number of benzene rings is 10. The highest BCUT2D eigenvalue weighted by Crippen LogP contribution is 2.32. The summed E-state index contributed by atoms with van der Waals surface area (Å²) in [5.41, 5.74) is 19.6. The number of carbonyl (C=O) groups excluding carboxylic acids is 4. The van der Waals surface area contributed by atoms with Crippen LogP contribution in [0.15, 0.2) is 243 Å². The molecule has 0 saturated carbocycles. The molecule has 0 saturated heterocycles. The van der Waals surface area contributed by atoms with Crippen molar-refractivity contribution in [2.75, 3.05) is 0 Å². The third-order valence-electron chi connectivity index (χ3n) is 21.9. The number of ketones is 4. The summed E-state index contributed by atoms with van der Waals surface area (Å²) in [6, 6.07) is 82.1. The van der Waals surface area contributed by atoms with Crippen molar-refractivity contribution in [2.45, 2.75) is 387 Å². The van der Waals surface area contributed by atoms with E-state index in [4.69, 9.17) is 14.2 Å². The van der Waals surface area contributed by atoms with Gasteiger partial charge in [-0.3, -0.25) is 19.2 Å². The molecular formula is C126H183NO10. The largest absolute Gasteiger partial charge is 0.488 e. The SMILES string of the molecule is CCC(Cc1ccc(C(=O)C(C)(C)C)cc1)O[N+](=O)[O-].CCc1ccc(C(=O)C(C)(C)C)cc1.CCc1ccc(C(C)(C)C)cc1.CCc1ccc(OC(C)(C)C)cc1.CCc1cccc(C(=O)C(C)(C)C)c1.CCc1cccc(C(C)(C)C)c1.CCc1cccc(OC(C)(C)C)c1.CCc1ccccc1C(=O)C(C)(C)C.CCc1ccccc1C(C)(C)C.CCc1ccccc1OC(C)(C)C. The molecule has 0 aliphatic rings. The second-order valence-corrected chi connectivity index (χ2v) is 45.2. The lowest BCUT2D eigenvalue weighted by Gasteiger charge is -2.22. The molecule has 10 rings (SSSR count). The van der Waals surface area contributed by atoms with E-state index in [-0.39, 0.29) is 72.4 Å². The van der Waals surface area contributed by atoms with Gasteiger partial charge in [0.05, 0.1) is 0 Å². The lowest BCUT2D eigenvalue weighted by Crippen LogP contribution is -2.23. The average Bonchev–Trinajstić information content (AvgIpc) is 0.830. The zero-order valence-electron chi connectivity index (χ0n) is 93.0. The van der Waals surface area contributed by atoms with Gasteiger partial charge >= 0.3 is 0 Å². The molecule has 0 radical (unpaired) electrons. The summed E-state index contributed by atoms with van der Waals surface area (Å²) in [7, 11) is 0. The summed E-state index contributed by atoms with van der Waals surface area (Å²) in [5, 5.41) is 9.59. The molecule has 0 amide bonds. The van der Waals surface area contributed by atoms with Crippen molar-refractivity contribution in [1.29, 1.82) is 0 Å². The van der Waals surface area contributed by atoms with E-state index in [1.54, 1.807) is 12.1 Å². The Labute approximate surface area is 834 Å². The number of carbonyl (C=O) groups is 4. The van der Waals surface area contributed by atoms with E-state index in [1.165, 1.54) is 61.2 Å². The van der Waals surface area contributed by atoms with Crippen LogP contribution < -0.4 is 14.2 Å². The van der Waals surface area contributed by atoms with Gasteiger partial charge < -0.3 is 19.0 Å². The minimum atomic E-state index is -0.758. The number of rotatable bonds is 21. The Morgan fingerprint density at radius 1 is 0.277 bits per heavy atom. The molecule has 0 aliphatic heterocycles. The van der Waals surface area contributed by atoms with Crippen molar-refractivity contribution in [3.8, 4) is 17.2 Å². The molecule has 137 heavy (non-hydrogen) atoms. The van der Waals surface area contributed by atoms with E-state index in [1.807, 2.05) is 211 Å². The van der Waals surface area contributed by atoms with Gasteiger partial charge in [-0.25, -0.2) is 0 Å². The molecule has 0 aliphatic carbocycles. The Morgan fingerprint density at radius 2 is 0.620 bits per heavy atom. The lowest BCUT2D eigenvalue weighted by molar-refractivity contribution is -0.768. The Morgan fingerprint density at radius 3 is 1.00 bits per heavy atom. The van der Waals surface area contributed by atoms with Crippen LogP contribution in [-0.4, -0.2) is 51.1 Å². The molecule has 1 unspecified atom stereocenters. The first-order valence-electron chi connectivity index (χ1n) is 50.2. The Balaban J connectivity index is 0.000000764. The van der Waals surface area contributed by atoms with Crippen molar-refractivity contribution >= 4 is 23.1 Å². The van der Waals surface area contributed by atoms with Gasteiger partial charge in [-0.05, 0) is 258 Å². The molecule has 11 heteroatoms. The number of aryl methyl sites for hydroxylation is 9. The number of hydrogen-bond donors (Lipinski definition) is 0. The lowest BCUT2D eigenvalue weighted by atomic mass is 9.83. The molecule has 10 aromatic carbocycles. The molecule has 10 aromatic rings. The van der Waals surface area contributed by atoms with Gasteiger partial charge in [0.1, 0.15) is 40.2 Å². The predicted octanol–water partition coefficient (Wildman–Crippen LogP) is 34.8. The first-order chi connectivity index (χ1) is 63.3. The van der Waals surface area contributed by atoms with Crippen molar-refractivity contribution in [3.05, 3.63) is 347 Å². The van der Waals surface area contributed by atoms with Gasteiger partial charge in [0.25, 0.3) is 5.09 Å². The second-order valence-electron chi connectivity index (χ2n) is 45.2. The monoisotopic (exact) mass is 1870 g/mol. The minimum absolute atomic E-state index is 0.0811. The molecule has 0 aromatic heterocycles. The Bertz CT molecular complexity index is 5150. The van der Waals surface area contributed by atoms with Crippen LogP contribution in [0.2, 0.25) is 0 Å². The van der Waals surface area contributed by atoms with Crippen molar-refractivity contribution in [2.24, 2.45) is 21.7 Å². The molecule has 0 N–H and O–H groups in total. The maximum absolute atomic E-state index is 12.1. The second kappa shape index (κ2) is 58.4. The average molecular weight is 1870 g/mol. The van der Waals surface area contributed by atoms with E-state index in [2.05, 4.69) is 301 Å². The number of nitrogens with zero attached hydrogens (tertiary/aromatic N) is 1. The summed E-state index contributed by atoms with van der Waals surface area (Å²) >= 11 is 0. The van der Waals surface area contributed by atoms with Gasteiger partial charge in [-0.15, -0.1) is 10.1 Å². The number of ether oxygens (including phenoxy) is 3. The standard InChI is InChI=1S/C15H21NO4.3C13H18O.3C12H18O.3C12H18/c1-5-13(20-16(18)19)10-11-6-8-12(9-7-11)14(17)15(2,3)4;1-5-10-6-8-11(9-7-10)12(14)13(2,3)4;1-5-10-7-6-8-11(9-10)12(14)13(2,3)4;1-5-10-8-6-7-9-11(10)12(14)13(2,3)4;1-5-10-6-8-11(9-7-10)13-12(2,3)4;1-5-10-7-6-8-11(9-10)13-12(2,3)4;1-5-10-8-6-7-9-11(10)13-12(2,3)4;1-5-10-6-8-11(9-7-10)12(2,3)4;1-5-10-7-6-8-11(9-10)12(2,3)4;1-5-10-8-6-7-9-11(10)12(2,3)4/h6-9,13H,5,10H2,1-4H3;3*6-9H,5H2,1-4H3;3*6-9H,5H2,1-4H3;3*6-9H,5H2,1-4H3. The summed E-state index contributed by atoms with van der Waals surface area (Å²) in [4.78, 5) is 62.9. The van der Waals surface area contributed by atoms with E-state index < -0.39 is 16.6 Å². The maximum Gasteiger partial charge on any atom is 0.294 e. The van der Waals surface area contributed by atoms with Crippen molar-refractivity contribution < 1.29 is 43.3 Å². The zero-order chi connectivity index (χ0) is 105. The highest BCUT2D eigenvalue weighted by molar-refractivity contribution is 6.02. The van der Waals surface area contributed by atoms with Crippen molar-refractivity contribution in [3.63, 3.8) is 0 Å². The quantitative estimate of drug-likeness (QED) is 0.0387. The number of Topliss-reactive ketones (excluding diaryl/α,β-unsaturated/α-hetero) is 4. The van der Waals surface area contributed by atoms with Crippen LogP contribution in [0.25, 0.3) is 0 Å². The Kier molecular flexibility index (Phi) is 53.1. The fourth-order valence-electron chi connectivity index (χ4n) is 13.6. The fraction of sp³-hybridized carbons (Fsp3) is 0.492. The maximum atomic E-state index is 12.1. The van der Waals surface area contributed by atoms with Gasteiger partial charge in [0, 0.05) is 43.9 Å². The van der Waals surface area contributed by atoms with Crippen LogP contribution in [0, 0.1) is 31.8 Å². The first-order valence-corrected chi connectivity index (χ1v) is 50.2. The predicted molar refractivity (Wildman–Crippen MR) is 587 cm³/mol. The number of hydrogen-bond acceptors (Lipinski definition) is 10. The third kappa shape index (κ3) is 51.1. The normalized spacial score (nSPS) is 11.7. The van der Waals surface area contributed by atoms with E-state index in [0.29, 0.717) is 18.4 Å². The van der Waals surface area contributed by atoms with Crippen LogP contribution in [0.5, 0.6) is 17.2 Å². The summed E-state index contributed by atoms with van der Waals surface area (Å²) in [6.07, 6.45) is 10.0. The van der Waals surface area contributed by atoms with Crippen LogP contribution in [-0.2, 0) is 85.3 Å². The van der Waals surface area contributed by atoms with Crippen LogP contribution in [0.1, 0.15) is 397 Å². The van der Waals surface area contributed by atoms with Gasteiger partial charge in [-0.2, -0.15) is 0 Å². The molecule has 752 valence electrons. The topological polar surface area (TPSA) is 148 Å². The van der Waals surface area contributed by atoms with Crippen LogP contribution in [0.3, 0.4) is 0 Å². The molecule has 0 heterocycles. The van der Waals surface area contributed by atoms with Gasteiger partial charge in [0.2, 0.25) is 0 Å². The van der Waals surface area contributed by atoms with Crippen molar-refractivity contribution in [1.82, 2.24) is 0 Å². The third-order valence-corrected chi connectivity index (χ3v) is 21.9. The smallest absolute Gasteiger partial charge is 0.294 e. The molecular weight excluding hydrogens is 1690 g/mol. The first kappa shape index (κ1) is 124.